The van der Waals surface area contributed by atoms with Crippen LogP contribution in [0.4, 0.5) is 4.39 Å². The Kier molecular flexibility index (Phi) is 7.76. The molecule has 8 heteroatoms. The van der Waals surface area contributed by atoms with E-state index in [1.165, 1.54) is 6.07 Å². The number of carbonyl (C=O) groups excluding carboxylic acids is 1. The summed E-state index contributed by atoms with van der Waals surface area (Å²) in [4.78, 5) is 17.0. The molecule has 0 saturated carbocycles. The monoisotopic (exact) mass is 506 g/mol. The van der Waals surface area contributed by atoms with Gasteiger partial charge >= 0.3 is 0 Å². The summed E-state index contributed by atoms with van der Waals surface area (Å²) in [6.07, 6.45) is 0. The third-order valence-corrected chi connectivity index (χ3v) is 6.31. The van der Waals surface area contributed by atoms with Crippen LogP contribution in [0.3, 0.4) is 0 Å². The standard InChI is InChI=1S/C25H22Cl3FN2O2/c26-20-13-21(27)24(22(28)14-20)33-16-17-4-3-6-18(12-17)25(32)31-10-8-30(9-11-31)15-19-5-1-2-7-23(19)29/h1-7,12-14H,8-11,15-16H2. The number of hydrogen-bond donors (Lipinski definition) is 0. The van der Waals surface area contributed by atoms with E-state index in [-0.39, 0.29) is 18.3 Å². The average molecular weight is 508 g/mol. The molecule has 4 nitrogen and oxygen atoms in total. The SMILES string of the molecule is O=C(c1cccc(COc2c(Cl)cc(Cl)cc2Cl)c1)N1CCN(Cc2ccccc2F)CC1. The van der Waals surface area contributed by atoms with Gasteiger partial charge < -0.3 is 9.64 Å². The molecule has 1 saturated heterocycles. The zero-order chi connectivity index (χ0) is 23.4. The van der Waals surface area contributed by atoms with Crippen LogP contribution in [0.1, 0.15) is 21.5 Å². The molecule has 0 N–H and O–H groups in total. The van der Waals surface area contributed by atoms with Crippen molar-refractivity contribution in [3.8, 4) is 5.75 Å². The minimum absolute atomic E-state index is 0.0371. The van der Waals surface area contributed by atoms with Crippen LogP contribution in [0.15, 0.2) is 60.7 Å². The predicted molar refractivity (Wildman–Crippen MR) is 130 cm³/mol. The third kappa shape index (κ3) is 5.98. The molecule has 3 aromatic rings. The molecule has 0 radical (unpaired) electrons. The lowest BCUT2D eigenvalue weighted by molar-refractivity contribution is 0.0627. The lowest BCUT2D eigenvalue weighted by Crippen LogP contribution is -2.48. The lowest BCUT2D eigenvalue weighted by Gasteiger charge is -2.35. The average Bonchev–Trinajstić information content (AvgIpc) is 2.80. The van der Waals surface area contributed by atoms with Gasteiger partial charge in [-0.25, -0.2) is 4.39 Å². The lowest BCUT2D eigenvalue weighted by atomic mass is 10.1. The van der Waals surface area contributed by atoms with E-state index in [9.17, 15) is 9.18 Å². The number of piperazine rings is 1. The van der Waals surface area contributed by atoms with Crippen molar-refractivity contribution in [1.29, 1.82) is 0 Å². The van der Waals surface area contributed by atoms with Gasteiger partial charge in [0, 0.05) is 48.9 Å². The molecule has 0 aliphatic carbocycles. The molecule has 1 aliphatic heterocycles. The molecule has 4 rings (SSSR count). The Bertz CT molecular complexity index is 1130. The fourth-order valence-electron chi connectivity index (χ4n) is 3.78. The molecule has 172 valence electrons. The molecule has 1 aliphatic rings. The molecule has 0 bridgehead atoms. The summed E-state index contributed by atoms with van der Waals surface area (Å²) in [7, 11) is 0. The quantitative estimate of drug-likeness (QED) is 0.391. The molecule has 33 heavy (non-hydrogen) atoms. The van der Waals surface area contributed by atoms with Crippen molar-refractivity contribution in [2.75, 3.05) is 26.2 Å². The Morgan fingerprint density at radius 1 is 0.909 bits per heavy atom. The zero-order valence-corrected chi connectivity index (χ0v) is 20.0. The maximum Gasteiger partial charge on any atom is 0.253 e. The Morgan fingerprint density at radius 3 is 2.30 bits per heavy atom. The van der Waals surface area contributed by atoms with Gasteiger partial charge in [0.05, 0.1) is 10.0 Å². The van der Waals surface area contributed by atoms with Gasteiger partial charge in [-0.3, -0.25) is 9.69 Å². The Balaban J connectivity index is 1.35. The summed E-state index contributed by atoms with van der Waals surface area (Å²) < 4.78 is 19.7. The second kappa shape index (κ2) is 10.7. The first-order valence-electron chi connectivity index (χ1n) is 10.5. The predicted octanol–water partition coefficient (Wildman–Crippen LogP) is 6.32. The third-order valence-electron chi connectivity index (χ3n) is 5.53. The van der Waals surface area contributed by atoms with Crippen LogP contribution >= 0.6 is 34.8 Å². The first kappa shape index (κ1) is 23.8. The second-order valence-corrected chi connectivity index (χ2v) is 9.10. The molecule has 0 spiro atoms. The van der Waals surface area contributed by atoms with Gasteiger partial charge in [0.2, 0.25) is 0 Å². The van der Waals surface area contributed by atoms with Crippen molar-refractivity contribution in [2.45, 2.75) is 13.2 Å². The number of rotatable bonds is 6. The highest BCUT2D eigenvalue weighted by atomic mass is 35.5. The molecule has 0 unspecified atom stereocenters. The largest absolute Gasteiger partial charge is 0.486 e. The second-order valence-electron chi connectivity index (χ2n) is 7.85. The Morgan fingerprint density at radius 2 is 1.61 bits per heavy atom. The highest BCUT2D eigenvalue weighted by Crippen LogP contribution is 2.36. The summed E-state index contributed by atoms with van der Waals surface area (Å²) >= 11 is 18.3. The van der Waals surface area contributed by atoms with Crippen molar-refractivity contribution < 1.29 is 13.9 Å². The van der Waals surface area contributed by atoms with E-state index in [1.807, 2.05) is 29.2 Å². The van der Waals surface area contributed by atoms with Crippen LogP contribution in [0, 0.1) is 5.82 Å². The fourth-order valence-corrected chi connectivity index (χ4v) is 4.70. The van der Waals surface area contributed by atoms with Gasteiger partial charge in [-0.1, -0.05) is 65.1 Å². The zero-order valence-electron chi connectivity index (χ0n) is 17.7. The van der Waals surface area contributed by atoms with Crippen molar-refractivity contribution in [3.63, 3.8) is 0 Å². The minimum Gasteiger partial charge on any atom is -0.486 e. The Hall–Kier alpha value is -2.31. The van der Waals surface area contributed by atoms with Crippen LogP contribution in [-0.2, 0) is 13.2 Å². The first-order valence-corrected chi connectivity index (χ1v) is 11.7. The van der Waals surface area contributed by atoms with Crippen LogP contribution in [0.2, 0.25) is 15.1 Å². The number of carbonyl (C=O) groups is 1. The maximum absolute atomic E-state index is 13.9. The van der Waals surface area contributed by atoms with E-state index in [0.29, 0.717) is 64.7 Å². The smallest absolute Gasteiger partial charge is 0.253 e. The summed E-state index contributed by atoms with van der Waals surface area (Å²) in [5, 5.41) is 1.08. The number of halogens is 4. The van der Waals surface area contributed by atoms with Crippen molar-refractivity contribution >= 4 is 40.7 Å². The van der Waals surface area contributed by atoms with Crippen molar-refractivity contribution in [2.24, 2.45) is 0 Å². The molecule has 3 aromatic carbocycles. The van der Waals surface area contributed by atoms with Gasteiger partial charge in [-0.05, 0) is 35.9 Å². The van der Waals surface area contributed by atoms with E-state index in [4.69, 9.17) is 39.5 Å². The molecule has 1 heterocycles. The van der Waals surface area contributed by atoms with E-state index < -0.39 is 0 Å². The highest BCUT2D eigenvalue weighted by Gasteiger charge is 2.23. The molecular formula is C25H22Cl3FN2O2. The molecular weight excluding hydrogens is 486 g/mol. The topological polar surface area (TPSA) is 32.8 Å². The summed E-state index contributed by atoms with van der Waals surface area (Å²) in [6.45, 7) is 3.30. The highest BCUT2D eigenvalue weighted by molar-refractivity contribution is 6.40. The van der Waals surface area contributed by atoms with Gasteiger partial charge in [0.1, 0.15) is 12.4 Å². The number of benzene rings is 3. The summed E-state index contributed by atoms with van der Waals surface area (Å²) in [5.41, 5.74) is 2.08. The van der Waals surface area contributed by atoms with Crippen molar-refractivity contribution in [1.82, 2.24) is 9.80 Å². The van der Waals surface area contributed by atoms with Crippen LogP contribution in [0.5, 0.6) is 5.75 Å². The van der Waals surface area contributed by atoms with Crippen LogP contribution in [0.25, 0.3) is 0 Å². The number of amides is 1. The normalized spacial score (nSPS) is 14.4. The first-order chi connectivity index (χ1) is 15.9. The van der Waals surface area contributed by atoms with Crippen molar-refractivity contribution in [3.05, 3.63) is 98.2 Å². The molecule has 1 amide bonds. The van der Waals surface area contributed by atoms with Gasteiger partial charge in [-0.15, -0.1) is 0 Å². The number of ether oxygens (including phenoxy) is 1. The number of hydrogen-bond acceptors (Lipinski definition) is 3. The van der Waals surface area contributed by atoms with E-state index in [1.54, 1.807) is 30.3 Å². The Labute approximate surface area is 207 Å². The summed E-state index contributed by atoms with van der Waals surface area (Å²) in [5.74, 6) is 0.117. The van der Waals surface area contributed by atoms with E-state index in [2.05, 4.69) is 4.90 Å². The van der Waals surface area contributed by atoms with Crippen LogP contribution < -0.4 is 4.74 Å². The maximum atomic E-state index is 13.9. The number of nitrogens with zero attached hydrogens (tertiary/aromatic N) is 2. The van der Waals surface area contributed by atoms with Crippen LogP contribution in [-0.4, -0.2) is 41.9 Å². The fraction of sp³-hybridized carbons (Fsp3) is 0.240. The van der Waals surface area contributed by atoms with E-state index >= 15 is 0 Å². The molecule has 1 fully saturated rings. The molecule has 0 atom stereocenters. The van der Waals surface area contributed by atoms with Gasteiger partial charge in [0.15, 0.2) is 5.75 Å². The minimum atomic E-state index is -0.198. The van der Waals surface area contributed by atoms with E-state index in [0.717, 1.165) is 5.56 Å². The van der Waals surface area contributed by atoms with Gasteiger partial charge in [-0.2, -0.15) is 0 Å². The summed E-state index contributed by atoms with van der Waals surface area (Å²) in [6, 6.07) is 17.2. The molecule has 0 aromatic heterocycles. The van der Waals surface area contributed by atoms with Gasteiger partial charge in [0.25, 0.3) is 5.91 Å².